The number of carbonyl (C=O) groups is 2. The minimum absolute atomic E-state index is 0.0581. The standard InChI is InChI=1S/C11H12BrNO4/c12-9-4-7(5-17-9)10(14)13-8-2-1-6(3-8)11(15)16/h4-6,8H,1-3H2,(H,13,14)(H,15,16)/t6-,8+/m0/s1. The van der Waals surface area contributed by atoms with Gasteiger partial charge in [-0.2, -0.15) is 0 Å². The maximum Gasteiger partial charge on any atom is 0.306 e. The van der Waals surface area contributed by atoms with Gasteiger partial charge in [-0.15, -0.1) is 0 Å². The Morgan fingerprint density at radius 1 is 1.47 bits per heavy atom. The molecule has 2 N–H and O–H groups in total. The monoisotopic (exact) mass is 301 g/mol. The predicted octanol–water partition coefficient (Wildman–Crippen LogP) is 2.03. The van der Waals surface area contributed by atoms with Gasteiger partial charge in [0.1, 0.15) is 6.26 Å². The lowest BCUT2D eigenvalue weighted by molar-refractivity contribution is -0.141. The third-order valence-corrected chi connectivity index (χ3v) is 3.36. The van der Waals surface area contributed by atoms with Gasteiger partial charge in [-0.05, 0) is 35.2 Å². The first-order valence-corrected chi connectivity index (χ1v) is 6.13. The molecular formula is C11H12BrNO4. The second kappa shape index (κ2) is 4.91. The summed E-state index contributed by atoms with van der Waals surface area (Å²) >= 11 is 3.12. The summed E-state index contributed by atoms with van der Waals surface area (Å²) in [6.07, 6.45) is 3.19. The quantitative estimate of drug-likeness (QED) is 0.895. The fourth-order valence-electron chi connectivity index (χ4n) is 2.03. The average molecular weight is 302 g/mol. The normalized spacial score (nSPS) is 23.6. The van der Waals surface area contributed by atoms with Crippen LogP contribution in [0.2, 0.25) is 0 Å². The molecule has 1 aromatic rings. The molecule has 92 valence electrons. The maximum atomic E-state index is 11.8. The van der Waals surface area contributed by atoms with Gasteiger partial charge in [0.15, 0.2) is 4.67 Å². The van der Waals surface area contributed by atoms with Crippen molar-refractivity contribution in [3.05, 3.63) is 22.6 Å². The number of halogens is 1. The number of carboxylic acid groups (broad SMARTS) is 1. The van der Waals surface area contributed by atoms with E-state index in [1.807, 2.05) is 0 Å². The summed E-state index contributed by atoms with van der Waals surface area (Å²) in [6, 6.07) is 1.52. The van der Waals surface area contributed by atoms with Gasteiger partial charge in [0, 0.05) is 12.1 Å². The lowest BCUT2D eigenvalue weighted by Gasteiger charge is -2.11. The van der Waals surface area contributed by atoms with Crippen molar-refractivity contribution in [2.45, 2.75) is 25.3 Å². The van der Waals surface area contributed by atoms with Crippen LogP contribution < -0.4 is 5.32 Å². The number of carbonyl (C=O) groups excluding carboxylic acids is 1. The van der Waals surface area contributed by atoms with Gasteiger partial charge in [-0.1, -0.05) is 0 Å². The van der Waals surface area contributed by atoms with Gasteiger partial charge in [0.2, 0.25) is 0 Å². The van der Waals surface area contributed by atoms with Crippen molar-refractivity contribution in [1.82, 2.24) is 5.32 Å². The molecule has 1 heterocycles. The van der Waals surface area contributed by atoms with Crippen LogP contribution in [0.15, 0.2) is 21.4 Å². The van der Waals surface area contributed by atoms with Crippen LogP contribution in [-0.2, 0) is 4.79 Å². The summed E-state index contributed by atoms with van der Waals surface area (Å²) in [5.74, 6) is -1.35. The van der Waals surface area contributed by atoms with E-state index in [2.05, 4.69) is 21.2 Å². The highest BCUT2D eigenvalue weighted by atomic mass is 79.9. The molecule has 1 aliphatic carbocycles. The SMILES string of the molecule is O=C(N[C@@H]1CC[C@H](C(=O)O)C1)c1coc(Br)c1. The number of hydrogen-bond donors (Lipinski definition) is 2. The summed E-state index contributed by atoms with van der Waals surface area (Å²) in [6.45, 7) is 0. The summed E-state index contributed by atoms with van der Waals surface area (Å²) < 4.78 is 5.47. The molecule has 1 saturated carbocycles. The lowest BCUT2D eigenvalue weighted by atomic mass is 10.1. The molecule has 0 aliphatic heterocycles. The van der Waals surface area contributed by atoms with Gasteiger partial charge in [-0.25, -0.2) is 0 Å². The molecule has 0 unspecified atom stereocenters. The molecule has 0 spiro atoms. The van der Waals surface area contributed by atoms with Crippen molar-refractivity contribution in [2.75, 3.05) is 0 Å². The molecule has 17 heavy (non-hydrogen) atoms. The minimum Gasteiger partial charge on any atom is -0.481 e. The van der Waals surface area contributed by atoms with Crippen LogP contribution in [-0.4, -0.2) is 23.0 Å². The summed E-state index contributed by atoms with van der Waals surface area (Å²) in [5.41, 5.74) is 0.440. The molecule has 2 atom stereocenters. The fourth-order valence-corrected chi connectivity index (χ4v) is 2.37. The van der Waals surface area contributed by atoms with Crippen LogP contribution in [0, 0.1) is 5.92 Å². The predicted molar refractivity (Wildman–Crippen MR) is 62.6 cm³/mol. The summed E-state index contributed by atoms with van der Waals surface area (Å²) in [4.78, 5) is 22.5. The highest BCUT2D eigenvalue weighted by Gasteiger charge is 2.30. The van der Waals surface area contributed by atoms with Crippen LogP contribution in [0.3, 0.4) is 0 Å². The van der Waals surface area contributed by atoms with Crippen molar-refractivity contribution in [3.63, 3.8) is 0 Å². The van der Waals surface area contributed by atoms with Crippen LogP contribution in [0.25, 0.3) is 0 Å². The Labute approximate surface area is 106 Å². The molecule has 1 aliphatic rings. The van der Waals surface area contributed by atoms with Gasteiger partial charge in [0.25, 0.3) is 5.91 Å². The molecule has 0 saturated heterocycles. The molecule has 1 aromatic heterocycles. The van der Waals surface area contributed by atoms with Crippen LogP contribution in [0.1, 0.15) is 29.6 Å². The van der Waals surface area contributed by atoms with Crippen molar-refractivity contribution in [3.8, 4) is 0 Å². The van der Waals surface area contributed by atoms with E-state index in [0.717, 1.165) is 0 Å². The number of rotatable bonds is 3. The molecule has 0 radical (unpaired) electrons. The number of aliphatic carboxylic acids is 1. The van der Waals surface area contributed by atoms with Crippen molar-refractivity contribution in [1.29, 1.82) is 0 Å². The Morgan fingerprint density at radius 3 is 2.76 bits per heavy atom. The number of nitrogens with one attached hydrogen (secondary N) is 1. The summed E-state index contributed by atoms with van der Waals surface area (Å²) in [5, 5.41) is 11.7. The fraction of sp³-hybridized carbons (Fsp3) is 0.455. The Kier molecular flexibility index (Phi) is 3.51. The van der Waals surface area contributed by atoms with Gasteiger partial charge < -0.3 is 14.8 Å². The van der Waals surface area contributed by atoms with Crippen LogP contribution in [0.4, 0.5) is 0 Å². The van der Waals surface area contributed by atoms with Gasteiger partial charge >= 0.3 is 5.97 Å². The summed E-state index contributed by atoms with van der Waals surface area (Å²) in [7, 11) is 0. The molecule has 0 aromatic carbocycles. The molecule has 1 fully saturated rings. The smallest absolute Gasteiger partial charge is 0.306 e. The molecule has 1 amide bonds. The van der Waals surface area contributed by atoms with E-state index in [9.17, 15) is 9.59 Å². The number of hydrogen-bond acceptors (Lipinski definition) is 3. The highest BCUT2D eigenvalue weighted by Crippen LogP contribution is 2.26. The van der Waals surface area contributed by atoms with Crippen LogP contribution >= 0.6 is 15.9 Å². The first-order chi connectivity index (χ1) is 8.06. The number of furan rings is 1. The van der Waals surface area contributed by atoms with Crippen molar-refractivity contribution < 1.29 is 19.1 Å². The zero-order valence-corrected chi connectivity index (χ0v) is 10.6. The van der Waals surface area contributed by atoms with Crippen molar-refractivity contribution in [2.24, 2.45) is 5.92 Å². The van der Waals surface area contributed by atoms with E-state index in [-0.39, 0.29) is 17.9 Å². The Morgan fingerprint density at radius 2 is 2.24 bits per heavy atom. The number of amides is 1. The van der Waals surface area contributed by atoms with E-state index in [0.29, 0.717) is 29.5 Å². The molecule has 2 rings (SSSR count). The van der Waals surface area contributed by atoms with Crippen molar-refractivity contribution >= 4 is 27.8 Å². The second-order valence-corrected chi connectivity index (χ2v) is 4.94. The lowest BCUT2D eigenvalue weighted by Crippen LogP contribution is -2.33. The van der Waals surface area contributed by atoms with Gasteiger partial charge in [0.05, 0.1) is 11.5 Å². The average Bonchev–Trinajstić information content (AvgIpc) is 2.86. The Bertz CT molecular complexity index is 442. The Balaban J connectivity index is 1.90. The molecule has 5 nitrogen and oxygen atoms in total. The molecular weight excluding hydrogens is 290 g/mol. The first kappa shape index (κ1) is 12.2. The Hall–Kier alpha value is -1.30. The van der Waals surface area contributed by atoms with E-state index < -0.39 is 5.97 Å². The van der Waals surface area contributed by atoms with Gasteiger partial charge in [-0.3, -0.25) is 9.59 Å². The third-order valence-electron chi connectivity index (χ3n) is 2.95. The van der Waals surface area contributed by atoms with E-state index >= 15 is 0 Å². The minimum atomic E-state index is -0.784. The molecule has 6 heteroatoms. The third kappa shape index (κ3) is 2.88. The number of carboxylic acids is 1. The highest BCUT2D eigenvalue weighted by molar-refractivity contribution is 9.10. The zero-order valence-electron chi connectivity index (χ0n) is 8.98. The second-order valence-electron chi connectivity index (χ2n) is 4.16. The first-order valence-electron chi connectivity index (χ1n) is 5.34. The topological polar surface area (TPSA) is 79.5 Å². The van der Waals surface area contributed by atoms with E-state index in [4.69, 9.17) is 9.52 Å². The van der Waals surface area contributed by atoms with E-state index in [1.54, 1.807) is 6.07 Å². The zero-order chi connectivity index (χ0) is 12.4. The maximum absolute atomic E-state index is 11.8. The van der Waals surface area contributed by atoms with Crippen LogP contribution in [0.5, 0.6) is 0 Å². The molecule has 0 bridgehead atoms. The van der Waals surface area contributed by atoms with E-state index in [1.165, 1.54) is 6.26 Å². The largest absolute Gasteiger partial charge is 0.481 e.